The summed E-state index contributed by atoms with van der Waals surface area (Å²) in [5.41, 5.74) is 2.13. The van der Waals surface area contributed by atoms with Crippen LogP contribution in [0.5, 0.6) is 0 Å². The molecule has 4 nitrogen and oxygen atoms in total. The molecule has 0 aliphatic rings. The zero-order valence-electron chi connectivity index (χ0n) is 13.9. The van der Waals surface area contributed by atoms with Gasteiger partial charge in [-0.25, -0.2) is 8.42 Å². The fraction of sp³-hybridized carbons (Fsp3) is 0.278. The van der Waals surface area contributed by atoms with Gasteiger partial charge in [-0.15, -0.1) is 0 Å². The van der Waals surface area contributed by atoms with Crippen LogP contribution in [0.25, 0.3) is 0 Å². The summed E-state index contributed by atoms with van der Waals surface area (Å²) in [5, 5.41) is 0.630. The number of hydrogen-bond donors (Lipinski definition) is 0. The molecule has 0 radical (unpaired) electrons. The maximum atomic E-state index is 12.6. The van der Waals surface area contributed by atoms with Crippen molar-refractivity contribution in [1.82, 2.24) is 4.90 Å². The number of rotatable bonds is 5. The van der Waals surface area contributed by atoms with Crippen molar-refractivity contribution >= 4 is 27.3 Å². The molecule has 0 fully saturated rings. The Hall–Kier alpha value is -1.85. The highest BCUT2D eigenvalue weighted by Crippen LogP contribution is 2.23. The van der Waals surface area contributed by atoms with E-state index >= 15 is 0 Å². The number of halogens is 1. The highest BCUT2D eigenvalue weighted by Gasteiger charge is 2.19. The van der Waals surface area contributed by atoms with E-state index in [0.29, 0.717) is 16.1 Å². The van der Waals surface area contributed by atoms with E-state index in [9.17, 15) is 13.2 Å². The van der Waals surface area contributed by atoms with Crippen LogP contribution < -0.4 is 0 Å². The van der Waals surface area contributed by atoms with Crippen molar-refractivity contribution < 1.29 is 13.2 Å². The van der Waals surface area contributed by atoms with Gasteiger partial charge in [-0.2, -0.15) is 0 Å². The molecular weight excluding hydrogens is 346 g/mol. The summed E-state index contributed by atoms with van der Waals surface area (Å²) in [6.07, 6.45) is 1.19. The molecule has 2 aromatic carbocycles. The fourth-order valence-corrected chi connectivity index (χ4v) is 3.41. The molecule has 1 amide bonds. The highest BCUT2D eigenvalue weighted by atomic mass is 35.5. The van der Waals surface area contributed by atoms with Gasteiger partial charge in [0.2, 0.25) is 0 Å². The van der Waals surface area contributed by atoms with Gasteiger partial charge in [0.05, 0.1) is 11.8 Å². The minimum atomic E-state index is -3.09. The van der Waals surface area contributed by atoms with Crippen molar-refractivity contribution in [3.8, 4) is 0 Å². The summed E-state index contributed by atoms with van der Waals surface area (Å²) in [6, 6.07) is 13.9. The fourth-order valence-electron chi connectivity index (χ4n) is 2.42. The van der Waals surface area contributed by atoms with E-state index in [1.807, 2.05) is 25.1 Å². The Bertz CT molecular complexity index is 832. The van der Waals surface area contributed by atoms with Gasteiger partial charge in [0.15, 0.2) is 9.84 Å². The summed E-state index contributed by atoms with van der Waals surface area (Å²) < 4.78 is 22.6. The maximum absolute atomic E-state index is 12.6. The number of carbonyl (C=O) groups is 1. The molecule has 6 heteroatoms. The summed E-state index contributed by atoms with van der Waals surface area (Å²) in [6.45, 7) is 1.93. The molecule has 0 saturated carbocycles. The summed E-state index contributed by atoms with van der Waals surface area (Å²) in [5.74, 6) is -0.163. The van der Waals surface area contributed by atoms with Crippen LogP contribution in [0.2, 0.25) is 5.02 Å². The van der Waals surface area contributed by atoms with Crippen LogP contribution in [0.1, 0.15) is 34.5 Å². The van der Waals surface area contributed by atoms with Crippen molar-refractivity contribution in [2.45, 2.75) is 18.7 Å². The molecule has 2 aromatic rings. The molecule has 0 N–H and O–H groups in total. The van der Waals surface area contributed by atoms with Gasteiger partial charge >= 0.3 is 0 Å². The Balaban J connectivity index is 2.15. The van der Waals surface area contributed by atoms with Gasteiger partial charge in [0.1, 0.15) is 0 Å². The molecule has 2 rings (SSSR count). The summed E-state index contributed by atoms with van der Waals surface area (Å²) in [4.78, 5) is 14.3. The molecule has 1 atom stereocenters. The van der Waals surface area contributed by atoms with Crippen molar-refractivity contribution in [3.05, 3.63) is 70.2 Å². The standard InChI is InChI=1S/C18H20ClNO3S/c1-13(16-5-4-6-17(19)11-16)20(2)18(21)15-9-7-14(8-10-15)12-24(3,22)23/h4-11,13H,12H2,1-3H3. The van der Waals surface area contributed by atoms with Crippen molar-refractivity contribution in [1.29, 1.82) is 0 Å². The first-order valence-electron chi connectivity index (χ1n) is 7.46. The third-order valence-corrected chi connectivity index (χ3v) is 4.95. The lowest BCUT2D eigenvalue weighted by Crippen LogP contribution is -2.29. The third-order valence-electron chi connectivity index (χ3n) is 3.86. The van der Waals surface area contributed by atoms with Crippen LogP contribution in [-0.2, 0) is 15.6 Å². The molecule has 24 heavy (non-hydrogen) atoms. The second-order valence-electron chi connectivity index (χ2n) is 5.91. The molecule has 0 aliphatic heterocycles. The Morgan fingerprint density at radius 1 is 1.17 bits per heavy atom. The lowest BCUT2D eigenvalue weighted by Gasteiger charge is -2.25. The molecule has 0 aromatic heterocycles. The van der Waals surface area contributed by atoms with E-state index in [1.54, 1.807) is 42.3 Å². The predicted molar refractivity (Wildman–Crippen MR) is 97.0 cm³/mol. The van der Waals surface area contributed by atoms with E-state index in [4.69, 9.17) is 11.6 Å². The van der Waals surface area contributed by atoms with Crippen LogP contribution in [-0.4, -0.2) is 32.5 Å². The monoisotopic (exact) mass is 365 g/mol. The van der Waals surface area contributed by atoms with Crippen LogP contribution in [0.15, 0.2) is 48.5 Å². The minimum absolute atomic E-state index is 0.0315. The van der Waals surface area contributed by atoms with E-state index in [1.165, 1.54) is 6.26 Å². The number of amides is 1. The average Bonchev–Trinajstić information content (AvgIpc) is 2.52. The predicted octanol–water partition coefficient (Wildman–Crippen LogP) is 3.72. The first-order chi connectivity index (χ1) is 11.2. The Morgan fingerprint density at radius 3 is 2.33 bits per heavy atom. The number of carbonyl (C=O) groups excluding carboxylic acids is 1. The zero-order chi connectivity index (χ0) is 17.9. The first kappa shape index (κ1) is 18.5. The van der Waals surface area contributed by atoms with Gasteiger partial charge in [-0.05, 0) is 42.3 Å². The summed E-state index contributed by atoms with van der Waals surface area (Å²) in [7, 11) is -1.35. The SMILES string of the molecule is CC(c1cccc(Cl)c1)N(C)C(=O)c1ccc(CS(C)(=O)=O)cc1. The normalized spacial score (nSPS) is 12.7. The molecule has 0 bridgehead atoms. The van der Waals surface area contributed by atoms with Crippen LogP contribution in [0, 0.1) is 0 Å². The molecular formula is C18H20ClNO3S. The quantitative estimate of drug-likeness (QED) is 0.811. The maximum Gasteiger partial charge on any atom is 0.254 e. The van der Waals surface area contributed by atoms with Crippen LogP contribution in [0.4, 0.5) is 0 Å². The van der Waals surface area contributed by atoms with Gasteiger partial charge in [0.25, 0.3) is 5.91 Å². The Kier molecular flexibility index (Phi) is 5.67. The average molecular weight is 366 g/mol. The van der Waals surface area contributed by atoms with Gasteiger partial charge in [0, 0.05) is 23.9 Å². The number of benzene rings is 2. The first-order valence-corrected chi connectivity index (χ1v) is 9.90. The molecule has 0 spiro atoms. The number of hydrogen-bond acceptors (Lipinski definition) is 3. The van der Waals surface area contributed by atoms with E-state index in [2.05, 4.69) is 0 Å². The van der Waals surface area contributed by atoms with Gasteiger partial charge in [-0.1, -0.05) is 35.9 Å². The molecule has 1 unspecified atom stereocenters. The lowest BCUT2D eigenvalue weighted by molar-refractivity contribution is 0.0742. The van der Waals surface area contributed by atoms with E-state index in [-0.39, 0.29) is 17.7 Å². The third kappa shape index (κ3) is 4.82. The topological polar surface area (TPSA) is 54.5 Å². The largest absolute Gasteiger partial charge is 0.335 e. The Labute approximate surface area is 148 Å². The van der Waals surface area contributed by atoms with Crippen molar-refractivity contribution in [2.24, 2.45) is 0 Å². The van der Waals surface area contributed by atoms with Crippen LogP contribution in [0.3, 0.4) is 0 Å². The molecule has 0 saturated heterocycles. The van der Waals surface area contributed by atoms with Crippen LogP contribution >= 0.6 is 11.6 Å². The summed E-state index contributed by atoms with van der Waals surface area (Å²) >= 11 is 6.01. The minimum Gasteiger partial charge on any atom is -0.335 e. The van der Waals surface area contributed by atoms with Gasteiger partial charge < -0.3 is 4.90 Å². The van der Waals surface area contributed by atoms with E-state index < -0.39 is 9.84 Å². The zero-order valence-corrected chi connectivity index (χ0v) is 15.4. The van der Waals surface area contributed by atoms with Crippen molar-refractivity contribution in [2.75, 3.05) is 13.3 Å². The number of sulfone groups is 1. The molecule has 128 valence electrons. The van der Waals surface area contributed by atoms with E-state index in [0.717, 1.165) is 5.56 Å². The van der Waals surface area contributed by atoms with Gasteiger partial charge in [-0.3, -0.25) is 4.79 Å². The molecule has 0 heterocycles. The highest BCUT2D eigenvalue weighted by molar-refractivity contribution is 7.89. The lowest BCUT2D eigenvalue weighted by atomic mass is 10.1. The second-order valence-corrected chi connectivity index (χ2v) is 8.49. The number of nitrogens with zero attached hydrogens (tertiary/aromatic N) is 1. The second kappa shape index (κ2) is 7.36. The van der Waals surface area contributed by atoms with Crippen molar-refractivity contribution in [3.63, 3.8) is 0 Å². The Morgan fingerprint density at radius 2 is 1.79 bits per heavy atom. The molecule has 0 aliphatic carbocycles. The smallest absolute Gasteiger partial charge is 0.254 e.